The van der Waals surface area contributed by atoms with Gasteiger partial charge in [-0.05, 0) is 12.6 Å². The van der Waals surface area contributed by atoms with E-state index < -0.39 is 0 Å². The van der Waals surface area contributed by atoms with Gasteiger partial charge in [-0.15, -0.1) is 0 Å². The van der Waals surface area contributed by atoms with Crippen molar-refractivity contribution in [3.8, 4) is 0 Å². The van der Waals surface area contributed by atoms with Gasteiger partial charge < -0.3 is 5.41 Å². The van der Waals surface area contributed by atoms with E-state index >= 15 is 0 Å². The number of rotatable bonds is 3. The van der Waals surface area contributed by atoms with E-state index in [2.05, 4.69) is 13.1 Å². The summed E-state index contributed by atoms with van der Waals surface area (Å²) in [5, 5.41) is 6.69. The molecule has 1 nitrogen and oxygen atoms in total. The van der Waals surface area contributed by atoms with Crippen LogP contribution in [0.2, 0.25) is 19.1 Å². The average Bonchev–Trinajstić information content (AvgIpc) is 1.61. The molecule has 0 saturated heterocycles. The summed E-state index contributed by atoms with van der Waals surface area (Å²) in [6, 6.07) is 1.26. The quantitative estimate of drug-likeness (QED) is 0.427. The van der Waals surface area contributed by atoms with Crippen molar-refractivity contribution in [1.82, 2.24) is 0 Å². The maximum absolute atomic E-state index is 6.69. The van der Waals surface area contributed by atoms with Crippen LogP contribution in [0.3, 0.4) is 0 Å². The molecule has 0 atom stereocenters. The summed E-state index contributed by atoms with van der Waals surface area (Å²) in [7, 11) is -0.0485. The van der Waals surface area contributed by atoms with Gasteiger partial charge in [0.25, 0.3) is 0 Å². The summed E-state index contributed by atoms with van der Waals surface area (Å²) >= 11 is 0. The fourth-order valence-corrected chi connectivity index (χ4v) is 1.08. The summed E-state index contributed by atoms with van der Waals surface area (Å²) in [4.78, 5) is 0. The molecule has 0 bridgehead atoms. The Labute approximate surface area is 46.9 Å². The maximum atomic E-state index is 6.69. The highest BCUT2D eigenvalue weighted by atomic mass is 28.3. The van der Waals surface area contributed by atoms with Crippen LogP contribution in [0.25, 0.3) is 0 Å². The molecule has 0 amide bonds. The highest BCUT2D eigenvalue weighted by molar-refractivity contribution is 6.55. The molecule has 0 aromatic carbocycles. The third-order valence-corrected chi connectivity index (χ3v) is 2.08. The molecular formula is C5H12NSi. The van der Waals surface area contributed by atoms with E-state index in [1.807, 2.05) is 0 Å². The molecule has 0 rings (SSSR count). The Kier molecular flexibility index (Phi) is 3.99. The van der Waals surface area contributed by atoms with Crippen LogP contribution in [0.4, 0.5) is 0 Å². The number of nitrogens with one attached hydrogen (secondary N) is 1. The van der Waals surface area contributed by atoms with E-state index in [1.54, 1.807) is 0 Å². The van der Waals surface area contributed by atoms with E-state index in [-0.39, 0.29) is 8.80 Å². The van der Waals surface area contributed by atoms with Crippen molar-refractivity contribution in [3.63, 3.8) is 0 Å². The summed E-state index contributed by atoms with van der Waals surface area (Å²) in [5.41, 5.74) is 0. The number of hydrogen-bond donors (Lipinski definition) is 1. The zero-order chi connectivity index (χ0) is 5.70. The minimum atomic E-state index is -0.0485. The van der Waals surface area contributed by atoms with Gasteiger partial charge in [-0.2, -0.15) is 0 Å². The zero-order valence-corrected chi connectivity index (χ0v) is 5.99. The second-order valence-corrected chi connectivity index (χ2v) is 4.86. The zero-order valence-electron chi connectivity index (χ0n) is 4.99. The van der Waals surface area contributed by atoms with Gasteiger partial charge in [0.2, 0.25) is 0 Å². The Morgan fingerprint density at radius 3 is 2.29 bits per heavy atom. The summed E-state index contributed by atoms with van der Waals surface area (Å²) in [6.07, 6.45) is 2.49. The highest BCUT2D eigenvalue weighted by Crippen LogP contribution is 1.92. The Balaban J connectivity index is 2.81. The van der Waals surface area contributed by atoms with Crippen molar-refractivity contribution in [3.05, 3.63) is 0 Å². The fraction of sp³-hybridized carbons (Fsp3) is 0.800. The normalized spacial score (nSPS) is 9.57. The lowest BCUT2D eigenvalue weighted by atomic mass is 10.5. The summed E-state index contributed by atoms with van der Waals surface area (Å²) < 4.78 is 0. The van der Waals surface area contributed by atoms with Gasteiger partial charge in [-0.1, -0.05) is 19.1 Å². The molecule has 1 radical (unpaired) electrons. The van der Waals surface area contributed by atoms with E-state index in [9.17, 15) is 0 Å². The first kappa shape index (κ1) is 6.89. The Hall–Kier alpha value is -0.113. The van der Waals surface area contributed by atoms with E-state index in [0.717, 1.165) is 6.42 Å². The molecule has 2 heteroatoms. The van der Waals surface area contributed by atoms with Gasteiger partial charge in [-0.3, -0.25) is 0 Å². The third kappa shape index (κ3) is 5.89. The molecule has 0 aliphatic heterocycles. The molecule has 0 aliphatic carbocycles. The molecule has 0 spiro atoms. The predicted octanol–water partition coefficient (Wildman–Crippen LogP) is 1.78. The molecule has 0 unspecified atom stereocenters. The van der Waals surface area contributed by atoms with Crippen molar-refractivity contribution in [2.75, 3.05) is 0 Å². The van der Waals surface area contributed by atoms with Crippen molar-refractivity contribution >= 4 is 15.0 Å². The Morgan fingerprint density at radius 2 is 2.14 bits per heavy atom. The van der Waals surface area contributed by atoms with Crippen LogP contribution in [-0.2, 0) is 0 Å². The van der Waals surface area contributed by atoms with Gasteiger partial charge in [-0.25, -0.2) is 0 Å². The van der Waals surface area contributed by atoms with Crippen molar-refractivity contribution in [1.29, 1.82) is 5.41 Å². The topological polar surface area (TPSA) is 23.9 Å². The predicted molar refractivity (Wildman–Crippen MR) is 35.7 cm³/mol. The molecule has 7 heavy (non-hydrogen) atoms. The Morgan fingerprint density at radius 1 is 1.57 bits per heavy atom. The van der Waals surface area contributed by atoms with Crippen LogP contribution >= 0.6 is 0 Å². The summed E-state index contributed by atoms with van der Waals surface area (Å²) in [6.45, 7) is 4.54. The third-order valence-electron chi connectivity index (χ3n) is 0.789. The lowest BCUT2D eigenvalue weighted by Crippen LogP contribution is -1.97. The van der Waals surface area contributed by atoms with Crippen molar-refractivity contribution in [2.45, 2.75) is 25.6 Å². The largest absolute Gasteiger partial charge is 0.313 e. The van der Waals surface area contributed by atoms with Gasteiger partial charge in [0.15, 0.2) is 0 Å². The van der Waals surface area contributed by atoms with Crippen LogP contribution < -0.4 is 0 Å². The molecule has 0 heterocycles. The fourth-order valence-electron chi connectivity index (χ4n) is 0.361. The molecule has 0 aromatic rings. The molecule has 41 valence electrons. The second-order valence-electron chi connectivity index (χ2n) is 1.95. The van der Waals surface area contributed by atoms with Crippen LogP contribution in [-0.4, -0.2) is 15.0 Å². The van der Waals surface area contributed by atoms with E-state index in [4.69, 9.17) is 5.41 Å². The monoisotopic (exact) mass is 114 g/mol. The number of hydrogen-bond acceptors (Lipinski definition) is 1. The summed E-state index contributed by atoms with van der Waals surface area (Å²) in [5.74, 6) is 0. The second kappa shape index (κ2) is 4.06. The lowest BCUT2D eigenvalue weighted by molar-refractivity contribution is 1.25. The van der Waals surface area contributed by atoms with Crippen LogP contribution in [0.1, 0.15) is 6.42 Å². The molecule has 1 N–H and O–H groups in total. The van der Waals surface area contributed by atoms with Gasteiger partial charge >= 0.3 is 0 Å². The van der Waals surface area contributed by atoms with Crippen LogP contribution in [0, 0.1) is 5.41 Å². The van der Waals surface area contributed by atoms with Crippen molar-refractivity contribution < 1.29 is 0 Å². The standard InChI is InChI=1S/C5H12NSi/c1-7(2)5-3-4-6/h4,6H,3,5H2,1-2H3. The molecule has 0 saturated carbocycles. The van der Waals surface area contributed by atoms with Crippen LogP contribution in [0.15, 0.2) is 0 Å². The minimum Gasteiger partial charge on any atom is -0.313 e. The van der Waals surface area contributed by atoms with Gasteiger partial charge in [0.05, 0.1) is 0 Å². The first-order chi connectivity index (χ1) is 3.27. The smallest absolute Gasteiger partial charge is 0.0416 e. The first-order valence-electron chi connectivity index (χ1n) is 2.55. The molecule has 0 aromatic heterocycles. The maximum Gasteiger partial charge on any atom is 0.0416 e. The SMILES string of the molecule is C[Si](C)CCC=N. The van der Waals surface area contributed by atoms with Crippen LogP contribution in [0.5, 0.6) is 0 Å². The Bertz CT molecular complexity index is 52.0. The minimum absolute atomic E-state index is 0.0485. The van der Waals surface area contributed by atoms with Crippen molar-refractivity contribution in [2.24, 2.45) is 0 Å². The lowest BCUT2D eigenvalue weighted by Gasteiger charge is -1.93. The van der Waals surface area contributed by atoms with Gasteiger partial charge in [0, 0.05) is 8.80 Å². The molecule has 0 aliphatic rings. The van der Waals surface area contributed by atoms with E-state index in [1.165, 1.54) is 12.3 Å². The van der Waals surface area contributed by atoms with Gasteiger partial charge in [0.1, 0.15) is 0 Å². The first-order valence-corrected chi connectivity index (χ1v) is 5.26. The van der Waals surface area contributed by atoms with E-state index in [0.29, 0.717) is 0 Å². The molecule has 0 fully saturated rings. The average molecular weight is 114 g/mol. The molecular weight excluding hydrogens is 102 g/mol. The highest BCUT2D eigenvalue weighted by Gasteiger charge is 1.90.